The molecule has 18 heavy (non-hydrogen) atoms. The van der Waals surface area contributed by atoms with Crippen molar-refractivity contribution in [1.82, 2.24) is 0 Å². The van der Waals surface area contributed by atoms with Crippen LogP contribution in [0.5, 0.6) is 5.75 Å². The van der Waals surface area contributed by atoms with Crippen molar-refractivity contribution in [3.63, 3.8) is 0 Å². The summed E-state index contributed by atoms with van der Waals surface area (Å²) in [6, 6.07) is 14.4. The number of ether oxygens (including phenoxy) is 1. The van der Waals surface area contributed by atoms with Crippen molar-refractivity contribution in [2.75, 3.05) is 7.11 Å². The first-order valence-electron chi connectivity index (χ1n) is 5.66. The fraction of sp³-hybridized carbons (Fsp3) is 0.200. The molecule has 2 aromatic carbocycles. The Hall–Kier alpha value is -0.800. The van der Waals surface area contributed by atoms with Crippen molar-refractivity contribution in [3.05, 3.63) is 63.6 Å². The molecule has 2 rings (SSSR count). The highest BCUT2D eigenvalue weighted by molar-refractivity contribution is 9.11. The van der Waals surface area contributed by atoms with E-state index in [4.69, 9.17) is 4.74 Å². The van der Waals surface area contributed by atoms with E-state index in [9.17, 15) is 0 Å². The van der Waals surface area contributed by atoms with E-state index in [-0.39, 0.29) is 4.83 Å². The van der Waals surface area contributed by atoms with Gasteiger partial charge in [0.25, 0.3) is 0 Å². The Morgan fingerprint density at radius 3 is 2.39 bits per heavy atom. The molecule has 0 bridgehead atoms. The number of methoxy groups -OCH3 is 1. The van der Waals surface area contributed by atoms with Gasteiger partial charge in [0.15, 0.2) is 0 Å². The van der Waals surface area contributed by atoms with Crippen LogP contribution in [-0.2, 0) is 0 Å². The van der Waals surface area contributed by atoms with Gasteiger partial charge in [-0.1, -0.05) is 62.2 Å². The molecule has 1 atom stereocenters. The number of hydrogen-bond acceptors (Lipinski definition) is 1. The molecule has 0 saturated heterocycles. The Labute approximate surface area is 124 Å². The number of aryl methyl sites for hydroxylation is 1. The Morgan fingerprint density at radius 2 is 1.78 bits per heavy atom. The summed E-state index contributed by atoms with van der Waals surface area (Å²) >= 11 is 7.37. The van der Waals surface area contributed by atoms with Gasteiger partial charge < -0.3 is 4.74 Å². The molecule has 0 radical (unpaired) electrons. The number of benzene rings is 2. The Bertz CT molecular complexity index is 552. The van der Waals surface area contributed by atoms with E-state index < -0.39 is 0 Å². The minimum Gasteiger partial charge on any atom is -0.497 e. The van der Waals surface area contributed by atoms with E-state index in [0.29, 0.717) is 0 Å². The molecule has 2 aromatic rings. The summed E-state index contributed by atoms with van der Waals surface area (Å²) in [6.45, 7) is 2.13. The Kier molecular flexibility index (Phi) is 4.46. The summed E-state index contributed by atoms with van der Waals surface area (Å²) in [5.74, 6) is 0.857. The lowest BCUT2D eigenvalue weighted by Crippen LogP contribution is -1.97. The number of rotatable bonds is 3. The maximum absolute atomic E-state index is 5.21. The lowest BCUT2D eigenvalue weighted by atomic mass is 10.0. The summed E-state index contributed by atoms with van der Waals surface area (Å²) in [6.07, 6.45) is 0. The lowest BCUT2D eigenvalue weighted by Gasteiger charge is -2.15. The van der Waals surface area contributed by atoms with Crippen LogP contribution in [0.15, 0.2) is 46.9 Å². The highest BCUT2D eigenvalue weighted by Crippen LogP contribution is 2.38. The van der Waals surface area contributed by atoms with Gasteiger partial charge in [-0.25, -0.2) is 0 Å². The quantitative estimate of drug-likeness (QED) is 0.671. The third-order valence-electron chi connectivity index (χ3n) is 2.94. The smallest absolute Gasteiger partial charge is 0.120 e. The highest BCUT2D eigenvalue weighted by Gasteiger charge is 2.15. The summed E-state index contributed by atoms with van der Waals surface area (Å²) in [5, 5.41) is 0. The number of halogens is 2. The summed E-state index contributed by atoms with van der Waals surface area (Å²) in [5.41, 5.74) is 3.76. The molecule has 94 valence electrons. The molecule has 0 aliphatic heterocycles. The van der Waals surface area contributed by atoms with E-state index in [1.807, 2.05) is 12.1 Å². The van der Waals surface area contributed by atoms with Crippen molar-refractivity contribution in [1.29, 1.82) is 0 Å². The van der Waals surface area contributed by atoms with Crippen LogP contribution in [0.25, 0.3) is 0 Å². The van der Waals surface area contributed by atoms with Crippen LogP contribution in [0.2, 0.25) is 0 Å². The summed E-state index contributed by atoms with van der Waals surface area (Å²) in [4.78, 5) is 0.180. The number of hydrogen-bond donors (Lipinski definition) is 0. The second-order valence-corrected chi connectivity index (χ2v) is 5.88. The minimum absolute atomic E-state index is 0.180. The molecular weight excluding hydrogens is 356 g/mol. The van der Waals surface area contributed by atoms with E-state index in [2.05, 4.69) is 69.1 Å². The molecule has 0 aliphatic carbocycles. The first-order valence-corrected chi connectivity index (χ1v) is 7.37. The fourth-order valence-corrected chi connectivity index (χ4v) is 3.69. The van der Waals surface area contributed by atoms with E-state index in [1.165, 1.54) is 16.7 Å². The van der Waals surface area contributed by atoms with Crippen molar-refractivity contribution in [2.24, 2.45) is 0 Å². The zero-order valence-corrected chi connectivity index (χ0v) is 13.5. The van der Waals surface area contributed by atoms with Crippen LogP contribution >= 0.6 is 31.9 Å². The Balaban J connectivity index is 2.40. The van der Waals surface area contributed by atoms with Gasteiger partial charge in [-0.05, 0) is 35.7 Å². The van der Waals surface area contributed by atoms with Gasteiger partial charge in [0.1, 0.15) is 5.75 Å². The molecule has 0 aromatic heterocycles. The predicted molar refractivity (Wildman–Crippen MR) is 82.6 cm³/mol. The first-order chi connectivity index (χ1) is 8.63. The molecule has 0 heterocycles. The first kappa shape index (κ1) is 13.6. The molecular formula is C15H14Br2O. The molecule has 0 saturated carbocycles. The third kappa shape index (κ3) is 2.78. The zero-order valence-electron chi connectivity index (χ0n) is 10.3. The van der Waals surface area contributed by atoms with Gasteiger partial charge in [-0.15, -0.1) is 0 Å². The second kappa shape index (κ2) is 5.89. The molecule has 0 fully saturated rings. The molecule has 0 amide bonds. The van der Waals surface area contributed by atoms with Crippen LogP contribution in [-0.4, -0.2) is 7.11 Å². The van der Waals surface area contributed by atoms with Crippen LogP contribution < -0.4 is 4.74 Å². The van der Waals surface area contributed by atoms with Gasteiger partial charge in [0.05, 0.1) is 11.9 Å². The van der Waals surface area contributed by atoms with Crippen molar-refractivity contribution < 1.29 is 4.74 Å². The molecule has 0 aliphatic rings. The highest BCUT2D eigenvalue weighted by atomic mass is 79.9. The summed E-state index contributed by atoms with van der Waals surface area (Å²) in [7, 11) is 1.68. The van der Waals surface area contributed by atoms with Gasteiger partial charge in [-0.3, -0.25) is 0 Å². The largest absolute Gasteiger partial charge is 0.497 e. The fourth-order valence-electron chi connectivity index (χ4n) is 1.88. The van der Waals surface area contributed by atoms with Gasteiger partial charge in [-0.2, -0.15) is 0 Å². The second-order valence-electron chi connectivity index (χ2n) is 4.11. The van der Waals surface area contributed by atoms with Crippen molar-refractivity contribution in [2.45, 2.75) is 11.8 Å². The zero-order chi connectivity index (χ0) is 13.1. The van der Waals surface area contributed by atoms with E-state index in [1.54, 1.807) is 7.11 Å². The molecule has 0 N–H and O–H groups in total. The van der Waals surface area contributed by atoms with Crippen LogP contribution in [0, 0.1) is 6.92 Å². The van der Waals surface area contributed by atoms with Crippen LogP contribution in [0.1, 0.15) is 21.5 Å². The van der Waals surface area contributed by atoms with E-state index in [0.717, 1.165) is 10.2 Å². The average Bonchev–Trinajstić information content (AvgIpc) is 2.38. The Morgan fingerprint density at radius 1 is 1.06 bits per heavy atom. The van der Waals surface area contributed by atoms with Crippen LogP contribution in [0.4, 0.5) is 0 Å². The normalized spacial score (nSPS) is 12.2. The van der Waals surface area contributed by atoms with Gasteiger partial charge in [0.2, 0.25) is 0 Å². The van der Waals surface area contributed by atoms with Crippen molar-refractivity contribution in [3.8, 4) is 5.75 Å². The molecule has 1 nitrogen and oxygen atoms in total. The molecule has 0 spiro atoms. The molecule has 3 heteroatoms. The predicted octanol–water partition coefficient (Wildman–Crippen LogP) is 5.25. The van der Waals surface area contributed by atoms with Crippen molar-refractivity contribution >= 4 is 31.9 Å². The topological polar surface area (TPSA) is 9.23 Å². The number of alkyl halides is 1. The van der Waals surface area contributed by atoms with Gasteiger partial charge in [0, 0.05) is 4.47 Å². The minimum atomic E-state index is 0.180. The SMILES string of the molecule is COc1ccc(C(Br)c2ccccc2C)c(Br)c1. The lowest BCUT2D eigenvalue weighted by molar-refractivity contribution is 0.414. The third-order valence-corrected chi connectivity index (χ3v) is 4.62. The standard InChI is InChI=1S/C15H14Br2O/c1-10-5-3-4-6-12(10)15(17)13-8-7-11(18-2)9-14(13)16/h3-9,15H,1-2H3. The maximum Gasteiger partial charge on any atom is 0.120 e. The van der Waals surface area contributed by atoms with E-state index >= 15 is 0 Å². The maximum atomic E-state index is 5.21. The summed E-state index contributed by atoms with van der Waals surface area (Å²) < 4.78 is 6.26. The average molecular weight is 370 g/mol. The monoisotopic (exact) mass is 368 g/mol. The van der Waals surface area contributed by atoms with Gasteiger partial charge >= 0.3 is 0 Å². The molecule has 1 unspecified atom stereocenters. The van der Waals surface area contributed by atoms with Crippen LogP contribution in [0.3, 0.4) is 0 Å².